The maximum atomic E-state index is 2.46. The molecule has 0 amide bonds. The number of fused-ring (bicyclic) bond motifs is 2. The van der Waals surface area contributed by atoms with Crippen LogP contribution in [0.2, 0.25) is 0 Å². The molecule has 10 rings (SSSR count). The molecule has 56 heavy (non-hydrogen) atoms. The van der Waals surface area contributed by atoms with Crippen LogP contribution in [0.1, 0.15) is 11.1 Å². The van der Waals surface area contributed by atoms with Gasteiger partial charge in [0.1, 0.15) is 0 Å². The van der Waals surface area contributed by atoms with Gasteiger partial charge in [0.15, 0.2) is 0 Å². The lowest BCUT2D eigenvalue weighted by atomic mass is 9.88. The number of rotatable bonds is 7. The second-order valence-electron chi connectivity index (χ2n) is 14.5. The number of aryl methyl sites for hydroxylation is 2. The van der Waals surface area contributed by atoms with Crippen molar-refractivity contribution in [3.63, 3.8) is 0 Å². The molecule has 0 aliphatic rings. The first kappa shape index (κ1) is 33.4. The molecule has 10 aromatic rings. The molecule has 0 atom stereocenters. The summed E-state index contributed by atoms with van der Waals surface area (Å²) in [6.07, 6.45) is 0. The maximum absolute atomic E-state index is 2.46. The Balaban J connectivity index is 1.32. The molecule has 0 unspecified atom stereocenters. The molecule has 0 radical (unpaired) electrons. The number of para-hydroxylation sites is 2. The van der Waals surface area contributed by atoms with E-state index in [-0.39, 0.29) is 0 Å². The van der Waals surface area contributed by atoms with Crippen molar-refractivity contribution in [2.45, 2.75) is 13.8 Å². The molecule has 266 valence electrons. The van der Waals surface area contributed by atoms with E-state index in [2.05, 4.69) is 229 Å². The van der Waals surface area contributed by atoms with Gasteiger partial charge in [-0.25, -0.2) is 0 Å². The lowest BCUT2D eigenvalue weighted by Crippen LogP contribution is -1.98. The standard InChI is InChI=1S/C54H40N2/c1-37-45(33-35-47-49(37)51(39-21-9-3-10-22-39)53(41-25-13-5-14-26-41)55(47)43-29-17-7-18-30-43)46-34-36-48-50(38(46)2)52(40-23-11-4-12-24-40)54(42-27-15-6-16-28-42)56(48)44-31-19-8-20-32-44/h3-36H,1-2H3. The Bertz CT molecular complexity index is 2770. The fourth-order valence-electron chi connectivity index (χ4n) is 8.88. The summed E-state index contributed by atoms with van der Waals surface area (Å²) in [5.41, 5.74) is 19.4. The molecule has 0 fully saturated rings. The van der Waals surface area contributed by atoms with Gasteiger partial charge in [-0.2, -0.15) is 0 Å². The summed E-state index contributed by atoms with van der Waals surface area (Å²) < 4.78 is 4.92. The van der Waals surface area contributed by atoms with Crippen LogP contribution in [0, 0.1) is 13.8 Å². The van der Waals surface area contributed by atoms with Gasteiger partial charge < -0.3 is 9.13 Å². The van der Waals surface area contributed by atoms with E-state index >= 15 is 0 Å². The number of aromatic nitrogens is 2. The Kier molecular flexibility index (Phi) is 8.30. The van der Waals surface area contributed by atoms with Crippen LogP contribution in [-0.2, 0) is 0 Å². The van der Waals surface area contributed by atoms with Gasteiger partial charge in [-0.05, 0) is 94.8 Å². The van der Waals surface area contributed by atoms with Gasteiger partial charge in [-0.1, -0.05) is 170 Å². The zero-order valence-electron chi connectivity index (χ0n) is 31.5. The van der Waals surface area contributed by atoms with Crippen LogP contribution in [0.5, 0.6) is 0 Å². The monoisotopic (exact) mass is 716 g/mol. The topological polar surface area (TPSA) is 9.86 Å². The lowest BCUT2D eigenvalue weighted by molar-refractivity contribution is 1.13. The van der Waals surface area contributed by atoms with E-state index in [0.29, 0.717) is 0 Å². The fourth-order valence-corrected chi connectivity index (χ4v) is 8.88. The molecule has 0 aliphatic carbocycles. The molecular formula is C54H40N2. The summed E-state index contributed by atoms with van der Waals surface area (Å²) in [5, 5.41) is 2.54. The maximum Gasteiger partial charge on any atom is 0.0619 e. The molecule has 0 saturated carbocycles. The SMILES string of the molecule is Cc1c(-c2ccc3c(c2C)c(-c2ccccc2)c(-c2ccccc2)n3-c2ccccc2)ccc2c1c(-c1ccccc1)c(-c1ccccc1)n2-c1ccccc1. The van der Waals surface area contributed by atoms with Crippen molar-refractivity contribution >= 4 is 21.8 Å². The molecule has 8 aromatic carbocycles. The van der Waals surface area contributed by atoms with Gasteiger partial charge in [0.05, 0.1) is 22.4 Å². The Morgan fingerprint density at radius 1 is 0.286 bits per heavy atom. The predicted molar refractivity (Wildman–Crippen MR) is 237 cm³/mol. The van der Waals surface area contributed by atoms with Crippen LogP contribution in [0.3, 0.4) is 0 Å². The molecule has 0 N–H and O–H groups in total. The van der Waals surface area contributed by atoms with Gasteiger partial charge in [0.2, 0.25) is 0 Å². The Labute approximate surface area is 328 Å². The van der Waals surface area contributed by atoms with Gasteiger partial charge in [-0.15, -0.1) is 0 Å². The van der Waals surface area contributed by atoms with E-state index in [1.165, 1.54) is 88.8 Å². The Hall–Kier alpha value is -7.16. The van der Waals surface area contributed by atoms with E-state index in [1.807, 2.05) is 0 Å². The molecule has 0 saturated heterocycles. The molecule has 0 aliphatic heterocycles. The van der Waals surface area contributed by atoms with E-state index in [1.54, 1.807) is 0 Å². The molecule has 2 heterocycles. The van der Waals surface area contributed by atoms with Crippen LogP contribution in [-0.4, -0.2) is 9.13 Å². The highest BCUT2D eigenvalue weighted by Gasteiger charge is 2.27. The molecule has 2 aromatic heterocycles. The summed E-state index contributed by atoms with van der Waals surface area (Å²) >= 11 is 0. The van der Waals surface area contributed by atoms with Crippen molar-refractivity contribution < 1.29 is 0 Å². The van der Waals surface area contributed by atoms with E-state index in [9.17, 15) is 0 Å². The van der Waals surface area contributed by atoms with Crippen LogP contribution in [0.25, 0.3) is 89.1 Å². The van der Waals surface area contributed by atoms with Gasteiger partial charge in [0, 0.05) is 33.3 Å². The third kappa shape index (κ3) is 5.41. The Morgan fingerprint density at radius 3 is 0.893 bits per heavy atom. The zero-order valence-corrected chi connectivity index (χ0v) is 31.5. The molecular weight excluding hydrogens is 677 g/mol. The third-order valence-electron chi connectivity index (χ3n) is 11.3. The van der Waals surface area contributed by atoms with Gasteiger partial charge in [-0.3, -0.25) is 0 Å². The van der Waals surface area contributed by atoms with E-state index < -0.39 is 0 Å². The predicted octanol–water partition coefficient (Wildman–Crippen LogP) is 14.5. The fraction of sp³-hybridized carbons (Fsp3) is 0.0370. The van der Waals surface area contributed by atoms with Gasteiger partial charge >= 0.3 is 0 Å². The van der Waals surface area contributed by atoms with Crippen molar-refractivity contribution in [1.82, 2.24) is 9.13 Å². The van der Waals surface area contributed by atoms with E-state index in [4.69, 9.17) is 0 Å². The first-order chi connectivity index (χ1) is 27.7. The average Bonchev–Trinajstić information content (AvgIpc) is 3.81. The quantitative estimate of drug-likeness (QED) is 0.155. The minimum atomic E-state index is 1.14. The third-order valence-corrected chi connectivity index (χ3v) is 11.3. The zero-order chi connectivity index (χ0) is 37.6. The number of hydrogen-bond donors (Lipinski definition) is 0. The van der Waals surface area contributed by atoms with Crippen molar-refractivity contribution in [2.24, 2.45) is 0 Å². The largest absolute Gasteiger partial charge is 0.309 e. The van der Waals surface area contributed by atoms with Gasteiger partial charge in [0.25, 0.3) is 0 Å². The summed E-state index contributed by atoms with van der Waals surface area (Å²) in [7, 11) is 0. The minimum Gasteiger partial charge on any atom is -0.309 e. The van der Waals surface area contributed by atoms with Crippen molar-refractivity contribution in [2.75, 3.05) is 0 Å². The van der Waals surface area contributed by atoms with Crippen molar-refractivity contribution in [3.8, 4) is 67.3 Å². The van der Waals surface area contributed by atoms with Crippen molar-refractivity contribution in [3.05, 3.63) is 217 Å². The number of benzene rings is 8. The molecule has 0 bridgehead atoms. The summed E-state index contributed by atoms with van der Waals surface area (Å²) in [6.45, 7) is 4.64. The molecule has 2 heteroatoms. The average molecular weight is 717 g/mol. The first-order valence-electron chi connectivity index (χ1n) is 19.4. The Morgan fingerprint density at radius 2 is 0.571 bits per heavy atom. The van der Waals surface area contributed by atoms with E-state index in [0.717, 1.165) is 11.4 Å². The molecule has 2 nitrogen and oxygen atoms in total. The highest BCUT2D eigenvalue weighted by Crippen LogP contribution is 2.49. The highest BCUT2D eigenvalue weighted by atomic mass is 15.0. The molecule has 0 spiro atoms. The normalized spacial score (nSPS) is 11.4. The summed E-state index contributed by atoms with van der Waals surface area (Å²) in [6, 6.07) is 74.5. The second-order valence-corrected chi connectivity index (χ2v) is 14.5. The smallest absolute Gasteiger partial charge is 0.0619 e. The number of nitrogens with zero attached hydrogens (tertiary/aromatic N) is 2. The lowest BCUT2D eigenvalue weighted by Gasteiger charge is -2.15. The van der Waals surface area contributed by atoms with Crippen LogP contribution < -0.4 is 0 Å². The number of hydrogen-bond acceptors (Lipinski definition) is 0. The van der Waals surface area contributed by atoms with Crippen LogP contribution in [0.4, 0.5) is 0 Å². The van der Waals surface area contributed by atoms with Crippen molar-refractivity contribution in [1.29, 1.82) is 0 Å². The first-order valence-corrected chi connectivity index (χ1v) is 19.4. The summed E-state index contributed by atoms with van der Waals surface area (Å²) in [4.78, 5) is 0. The van der Waals surface area contributed by atoms with Crippen LogP contribution >= 0.6 is 0 Å². The highest BCUT2D eigenvalue weighted by molar-refractivity contribution is 6.12. The summed E-state index contributed by atoms with van der Waals surface area (Å²) in [5.74, 6) is 0. The minimum absolute atomic E-state index is 1.14. The second kappa shape index (κ2) is 13.9. The van der Waals surface area contributed by atoms with Crippen LogP contribution in [0.15, 0.2) is 206 Å².